The number of hydrogen-bond donors (Lipinski definition) is 5. The number of nitrogens with zero attached hydrogens (tertiary/aromatic N) is 1. The molecule has 1 heterocycles. The van der Waals surface area contributed by atoms with E-state index in [9.17, 15) is 9.90 Å². The topological polar surface area (TPSA) is 107 Å². The largest absolute Gasteiger partial charge is 0.385 e. The van der Waals surface area contributed by atoms with Crippen LogP contribution in [0.1, 0.15) is 30.5 Å². The predicted octanol–water partition coefficient (Wildman–Crippen LogP) is 3.49. The van der Waals surface area contributed by atoms with Crippen LogP contribution in [0.15, 0.2) is 72.9 Å². The lowest BCUT2D eigenvalue weighted by molar-refractivity contribution is -0.129. The number of hydroxylamine groups is 1. The summed E-state index contributed by atoms with van der Waals surface area (Å²) >= 11 is 0. The summed E-state index contributed by atoms with van der Waals surface area (Å²) < 4.78 is 0. The lowest BCUT2D eigenvalue weighted by atomic mass is 10.1. The summed E-state index contributed by atoms with van der Waals surface area (Å²) in [7, 11) is 0. The fourth-order valence-corrected chi connectivity index (χ4v) is 3.30. The molecule has 0 aliphatic carbocycles. The molecule has 32 heavy (non-hydrogen) atoms. The summed E-state index contributed by atoms with van der Waals surface area (Å²) in [5.41, 5.74) is 6.69. The second-order valence-electron chi connectivity index (χ2n) is 7.62. The van der Waals surface area contributed by atoms with Crippen molar-refractivity contribution in [2.45, 2.75) is 38.5 Å². The minimum absolute atomic E-state index is 0.320. The number of pyridine rings is 1. The highest BCUT2D eigenvalue weighted by Gasteiger charge is 2.07. The number of amides is 1. The number of carbonyl (C=O) groups excluding carboxylic acids is 1. The minimum Gasteiger partial charge on any atom is -0.385 e. The van der Waals surface area contributed by atoms with Crippen molar-refractivity contribution in [3.63, 3.8) is 0 Å². The first-order valence-corrected chi connectivity index (χ1v) is 10.8. The van der Waals surface area contributed by atoms with Crippen molar-refractivity contribution in [2.75, 3.05) is 11.9 Å². The van der Waals surface area contributed by atoms with Crippen molar-refractivity contribution in [1.82, 2.24) is 15.8 Å². The molecule has 2 aromatic carbocycles. The molecule has 1 unspecified atom stereocenters. The first-order chi connectivity index (χ1) is 15.6. The van der Waals surface area contributed by atoms with Crippen molar-refractivity contribution in [1.29, 1.82) is 0 Å². The Labute approximate surface area is 188 Å². The van der Waals surface area contributed by atoms with E-state index in [0.29, 0.717) is 25.8 Å². The fraction of sp³-hybridized carbons (Fsp3) is 0.280. The molecule has 1 aromatic heterocycles. The number of anilines is 1. The molecule has 3 aromatic rings. The highest BCUT2D eigenvalue weighted by Crippen LogP contribution is 2.21. The van der Waals surface area contributed by atoms with E-state index in [0.717, 1.165) is 41.0 Å². The third kappa shape index (κ3) is 7.77. The van der Waals surface area contributed by atoms with E-state index in [4.69, 9.17) is 5.21 Å². The molecule has 0 saturated carbocycles. The van der Waals surface area contributed by atoms with E-state index < -0.39 is 6.23 Å². The number of aromatic nitrogens is 1. The highest BCUT2D eigenvalue weighted by molar-refractivity contribution is 5.74. The standard InChI is InChI=1S/C25H30N4O3/c30-24(29-32)8-4-5-15-26-22-12-9-20(10-13-22)21-11-14-23(27-18-21)16-25(31)28-17-19-6-2-1-3-7-19/h1-3,6-7,9-14,18,25-26,28,31-32H,4-5,8,15-17H2,(H,29,30). The first kappa shape index (κ1) is 23.4. The van der Waals surface area contributed by atoms with Gasteiger partial charge in [-0.25, -0.2) is 5.48 Å². The van der Waals surface area contributed by atoms with Gasteiger partial charge in [0.2, 0.25) is 5.91 Å². The molecule has 0 aliphatic rings. The SMILES string of the molecule is O=C(CCCCNc1ccc(-c2ccc(CC(O)NCc3ccccc3)nc2)cc1)NO. The number of nitrogens with one attached hydrogen (secondary N) is 3. The Balaban J connectivity index is 1.43. The van der Waals surface area contributed by atoms with Gasteiger partial charge in [-0.15, -0.1) is 0 Å². The van der Waals surface area contributed by atoms with Crippen LogP contribution in [-0.2, 0) is 17.8 Å². The Bertz CT molecular complexity index is 947. The third-order valence-corrected chi connectivity index (χ3v) is 5.11. The van der Waals surface area contributed by atoms with Crippen molar-refractivity contribution in [3.8, 4) is 11.1 Å². The molecule has 5 N–H and O–H groups in total. The molecular weight excluding hydrogens is 404 g/mol. The molecule has 0 aliphatic heterocycles. The number of hydrogen-bond acceptors (Lipinski definition) is 6. The Morgan fingerprint density at radius 1 is 0.938 bits per heavy atom. The van der Waals surface area contributed by atoms with Crippen molar-refractivity contribution < 1.29 is 15.1 Å². The van der Waals surface area contributed by atoms with Crippen LogP contribution in [0.3, 0.4) is 0 Å². The second kappa shape index (κ2) is 12.6. The first-order valence-electron chi connectivity index (χ1n) is 10.8. The Morgan fingerprint density at radius 2 is 1.69 bits per heavy atom. The monoisotopic (exact) mass is 434 g/mol. The lowest BCUT2D eigenvalue weighted by Gasteiger charge is -2.13. The summed E-state index contributed by atoms with van der Waals surface area (Å²) in [5, 5.41) is 25.1. The maximum absolute atomic E-state index is 11.0. The number of benzene rings is 2. The van der Waals surface area contributed by atoms with Gasteiger partial charge in [0.15, 0.2) is 0 Å². The van der Waals surface area contributed by atoms with Gasteiger partial charge < -0.3 is 10.4 Å². The summed E-state index contributed by atoms with van der Waals surface area (Å²) in [6.45, 7) is 1.37. The Kier molecular flexibility index (Phi) is 9.19. The number of carbonyl (C=O) groups is 1. The van der Waals surface area contributed by atoms with Crippen molar-refractivity contribution >= 4 is 11.6 Å². The summed E-state index contributed by atoms with van der Waals surface area (Å²) in [4.78, 5) is 15.5. The molecule has 0 saturated heterocycles. The van der Waals surface area contributed by atoms with Gasteiger partial charge >= 0.3 is 0 Å². The van der Waals surface area contributed by atoms with Crippen molar-refractivity contribution in [3.05, 3.63) is 84.2 Å². The van der Waals surface area contributed by atoms with Gasteiger partial charge in [0.1, 0.15) is 6.23 Å². The number of unbranched alkanes of at least 4 members (excludes halogenated alkanes) is 1. The van der Waals surface area contributed by atoms with Crippen LogP contribution in [0.5, 0.6) is 0 Å². The second-order valence-corrected chi connectivity index (χ2v) is 7.62. The van der Waals surface area contributed by atoms with Crippen LogP contribution >= 0.6 is 0 Å². The van der Waals surface area contributed by atoms with Crippen LogP contribution in [0.4, 0.5) is 5.69 Å². The van der Waals surface area contributed by atoms with Crippen LogP contribution in [0, 0.1) is 0 Å². The molecular formula is C25H30N4O3. The molecule has 1 atom stereocenters. The summed E-state index contributed by atoms with van der Waals surface area (Å²) in [6, 6.07) is 22.0. The molecule has 3 rings (SSSR count). The van der Waals surface area contributed by atoms with Gasteiger partial charge in [0.25, 0.3) is 0 Å². The van der Waals surface area contributed by atoms with Crippen LogP contribution < -0.4 is 16.1 Å². The van der Waals surface area contributed by atoms with E-state index in [2.05, 4.69) is 15.6 Å². The van der Waals surface area contributed by atoms with Gasteiger partial charge in [-0.05, 0) is 42.2 Å². The van der Waals surface area contributed by atoms with E-state index in [1.165, 1.54) is 0 Å². The normalized spacial score (nSPS) is 11.7. The lowest BCUT2D eigenvalue weighted by Crippen LogP contribution is -2.30. The molecule has 168 valence electrons. The molecule has 1 amide bonds. The zero-order valence-electron chi connectivity index (χ0n) is 18.0. The molecule has 0 bridgehead atoms. The number of rotatable bonds is 12. The Morgan fingerprint density at radius 3 is 2.38 bits per heavy atom. The number of aliphatic hydroxyl groups excluding tert-OH is 1. The Hall–Kier alpha value is -3.26. The molecule has 0 radical (unpaired) electrons. The van der Waals surface area contributed by atoms with E-state index >= 15 is 0 Å². The predicted molar refractivity (Wildman–Crippen MR) is 125 cm³/mol. The fourth-order valence-electron chi connectivity index (χ4n) is 3.30. The maximum Gasteiger partial charge on any atom is 0.243 e. The quantitative estimate of drug-likeness (QED) is 0.129. The molecule has 0 spiro atoms. The maximum atomic E-state index is 11.0. The average Bonchev–Trinajstić information content (AvgIpc) is 2.84. The van der Waals surface area contributed by atoms with E-state index in [1.807, 2.05) is 72.9 Å². The van der Waals surface area contributed by atoms with Gasteiger partial charge in [0, 0.05) is 49.1 Å². The number of aliphatic hydroxyl groups is 1. The van der Waals surface area contributed by atoms with Gasteiger partial charge in [-0.3, -0.25) is 20.3 Å². The van der Waals surface area contributed by atoms with Gasteiger partial charge in [-0.2, -0.15) is 0 Å². The van der Waals surface area contributed by atoms with Crippen LogP contribution in [0.2, 0.25) is 0 Å². The minimum atomic E-state index is -0.656. The average molecular weight is 435 g/mol. The van der Waals surface area contributed by atoms with Gasteiger partial charge in [0.05, 0.1) is 0 Å². The smallest absolute Gasteiger partial charge is 0.243 e. The van der Waals surface area contributed by atoms with Gasteiger partial charge in [-0.1, -0.05) is 48.5 Å². The van der Waals surface area contributed by atoms with Crippen LogP contribution in [0.25, 0.3) is 11.1 Å². The van der Waals surface area contributed by atoms with E-state index in [-0.39, 0.29) is 5.91 Å². The van der Waals surface area contributed by atoms with Crippen LogP contribution in [-0.4, -0.2) is 34.0 Å². The third-order valence-electron chi connectivity index (χ3n) is 5.11. The summed E-state index contributed by atoms with van der Waals surface area (Å²) in [5.74, 6) is -0.355. The zero-order valence-corrected chi connectivity index (χ0v) is 18.0. The highest BCUT2D eigenvalue weighted by atomic mass is 16.5. The molecule has 7 nitrogen and oxygen atoms in total. The molecule has 7 heteroatoms. The van der Waals surface area contributed by atoms with E-state index in [1.54, 1.807) is 5.48 Å². The van der Waals surface area contributed by atoms with Crippen molar-refractivity contribution in [2.24, 2.45) is 0 Å². The summed E-state index contributed by atoms with van der Waals surface area (Å²) in [6.07, 6.45) is 3.49. The molecule has 0 fully saturated rings. The zero-order chi connectivity index (χ0) is 22.6.